The molecule has 1 aromatic carbocycles. The first kappa shape index (κ1) is 17.3. The van der Waals surface area contributed by atoms with Crippen molar-refractivity contribution < 1.29 is 4.74 Å². The molecule has 1 N–H and O–H groups in total. The van der Waals surface area contributed by atoms with E-state index < -0.39 is 0 Å². The lowest BCUT2D eigenvalue weighted by molar-refractivity contribution is 0.199. The Hall–Kier alpha value is -0.710. The number of rotatable bonds is 10. The average molecular weight is 296 g/mol. The Balaban J connectivity index is 2.37. The summed E-state index contributed by atoms with van der Waals surface area (Å²) in [5.74, 6) is 2.15. The number of thioether (sulfide) groups is 1. The van der Waals surface area contributed by atoms with Gasteiger partial charge in [-0.3, -0.25) is 4.90 Å². The van der Waals surface area contributed by atoms with E-state index in [-0.39, 0.29) is 0 Å². The van der Waals surface area contributed by atoms with Crippen molar-refractivity contribution in [3.05, 3.63) is 29.8 Å². The zero-order valence-electron chi connectivity index (χ0n) is 13.2. The van der Waals surface area contributed by atoms with E-state index in [4.69, 9.17) is 4.74 Å². The first-order chi connectivity index (χ1) is 9.71. The molecule has 0 aliphatic rings. The second-order valence-corrected chi connectivity index (χ2v) is 5.93. The largest absolute Gasteiger partial charge is 0.492 e. The number of hydrogen-bond donors (Lipinski definition) is 1. The lowest BCUT2D eigenvalue weighted by Gasteiger charge is -2.26. The third kappa shape index (κ3) is 6.16. The van der Waals surface area contributed by atoms with E-state index in [2.05, 4.69) is 42.6 Å². The molecule has 0 amide bonds. The maximum Gasteiger partial charge on any atom is 0.119 e. The number of ether oxygens (including phenoxy) is 1. The van der Waals surface area contributed by atoms with Crippen molar-refractivity contribution in [3.63, 3.8) is 0 Å². The fourth-order valence-corrected chi connectivity index (χ4v) is 3.06. The number of likely N-dealkylation sites (N-methyl/N-ethyl adjacent to an activating group) is 1. The number of nitrogens with zero attached hydrogens (tertiary/aromatic N) is 1. The molecule has 4 heteroatoms. The van der Waals surface area contributed by atoms with Gasteiger partial charge >= 0.3 is 0 Å². The van der Waals surface area contributed by atoms with Crippen LogP contribution < -0.4 is 10.1 Å². The van der Waals surface area contributed by atoms with E-state index in [1.807, 2.05) is 30.9 Å². The molecule has 114 valence electrons. The highest BCUT2D eigenvalue weighted by atomic mass is 32.2. The topological polar surface area (TPSA) is 24.5 Å². The smallest absolute Gasteiger partial charge is 0.119 e. The second kappa shape index (κ2) is 10.1. The summed E-state index contributed by atoms with van der Waals surface area (Å²) in [5, 5.41) is 3.16. The quantitative estimate of drug-likeness (QED) is 0.717. The van der Waals surface area contributed by atoms with Gasteiger partial charge in [-0.25, -0.2) is 0 Å². The van der Waals surface area contributed by atoms with Gasteiger partial charge in [-0.15, -0.1) is 0 Å². The van der Waals surface area contributed by atoms with Gasteiger partial charge in [0.15, 0.2) is 0 Å². The molecule has 1 aromatic rings. The predicted molar refractivity (Wildman–Crippen MR) is 89.8 cm³/mol. The van der Waals surface area contributed by atoms with Crippen LogP contribution >= 0.6 is 11.8 Å². The molecule has 0 saturated carbocycles. The molecule has 0 saturated heterocycles. The minimum Gasteiger partial charge on any atom is -0.492 e. The predicted octanol–water partition coefficient (Wildman–Crippen LogP) is 2.86. The SMILES string of the molecule is CCC(CSC)N(C)CCOc1cccc(CNC)c1. The van der Waals surface area contributed by atoms with E-state index in [1.165, 1.54) is 17.7 Å². The summed E-state index contributed by atoms with van der Waals surface area (Å²) < 4.78 is 5.86. The minimum absolute atomic E-state index is 0.643. The van der Waals surface area contributed by atoms with Crippen LogP contribution in [0.25, 0.3) is 0 Å². The Bertz CT molecular complexity index is 373. The minimum atomic E-state index is 0.643. The van der Waals surface area contributed by atoms with Crippen LogP contribution in [0.3, 0.4) is 0 Å². The molecular weight excluding hydrogens is 268 g/mol. The summed E-state index contributed by atoms with van der Waals surface area (Å²) in [6.07, 6.45) is 3.36. The number of benzene rings is 1. The maximum absolute atomic E-state index is 5.86. The van der Waals surface area contributed by atoms with Gasteiger partial charge in [0.25, 0.3) is 0 Å². The average Bonchev–Trinajstić information content (AvgIpc) is 2.45. The Labute approximate surface area is 128 Å². The second-order valence-electron chi connectivity index (χ2n) is 5.02. The Morgan fingerprint density at radius 2 is 2.20 bits per heavy atom. The van der Waals surface area contributed by atoms with Gasteiger partial charge in [-0.05, 0) is 44.5 Å². The van der Waals surface area contributed by atoms with Crippen molar-refractivity contribution in [1.82, 2.24) is 10.2 Å². The molecule has 0 aromatic heterocycles. The molecule has 3 nitrogen and oxygen atoms in total. The lowest BCUT2D eigenvalue weighted by atomic mass is 10.2. The van der Waals surface area contributed by atoms with Crippen LogP contribution in [0.2, 0.25) is 0 Å². The van der Waals surface area contributed by atoms with Gasteiger partial charge in [-0.1, -0.05) is 19.1 Å². The van der Waals surface area contributed by atoms with Crippen LogP contribution in [0, 0.1) is 0 Å². The van der Waals surface area contributed by atoms with Crippen molar-refractivity contribution in [1.29, 1.82) is 0 Å². The lowest BCUT2D eigenvalue weighted by Crippen LogP contribution is -2.36. The molecular formula is C16H28N2OS. The van der Waals surface area contributed by atoms with Crippen molar-refractivity contribution in [2.75, 3.05) is 39.3 Å². The van der Waals surface area contributed by atoms with E-state index in [9.17, 15) is 0 Å². The molecule has 0 heterocycles. The van der Waals surface area contributed by atoms with E-state index >= 15 is 0 Å². The molecule has 1 rings (SSSR count). The van der Waals surface area contributed by atoms with Crippen molar-refractivity contribution in [3.8, 4) is 5.75 Å². The maximum atomic E-state index is 5.86. The van der Waals surface area contributed by atoms with Gasteiger partial charge in [0.1, 0.15) is 12.4 Å². The fraction of sp³-hybridized carbons (Fsp3) is 0.625. The summed E-state index contributed by atoms with van der Waals surface area (Å²) in [7, 11) is 4.14. The zero-order chi connectivity index (χ0) is 14.8. The molecule has 0 spiro atoms. The van der Waals surface area contributed by atoms with Crippen molar-refractivity contribution >= 4 is 11.8 Å². The summed E-state index contributed by atoms with van der Waals surface area (Å²) in [6, 6.07) is 8.94. The van der Waals surface area contributed by atoms with Crippen molar-refractivity contribution in [2.24, 2.45) is 0 Å². The van der Waals surface area contributed by atoms with Crippen LogP contribution in [0.15, 0.2) is 24.3 Å². The molecule has 20 heavy (non-hydrogen) atoms. The summed E-state index contributed by atoms with van der Waals surface area (Å²) in [5.41, 5.74) is 1.26. The highest BCUT2D eigenvalue weighted by Gasteiger charge is 2.11. The highest BCUT2D eigenvalue weighted by Crippen LogP contribution is 2.13. The third-order valence-corrected chi connectivity index (χ3v) is 4.16. The van der Waals surface area contributed by atoms with E-state index in [0.29, 0.717) is 6.04 Å². The molecule has 0 bridgehead atoms. The zero-order valence-corrected chi connectivity index (χ0v) is 14.0. The monoisotopic (exact) mass is 296 g/mol. The first-order valence-corrected chi connectivity index (χ1v) is 8.66. The third-order valence-electron chi connectivity index (χ3n) is 3.45. The van der Waals surface area contributed by atoms with Gasteiger partial charge in [0, 0.05) is 24.9 Å². The van der Waals surface area contributed by atoms with Crippen LogP contribution in [0.1, 0.15) is 18.9 Å². The number of nitrogens with one attached hydrogen (secondary N) is 1. The van der Waals surface area contributed by atoms with Gasteiger partial charge in [-0.2, -0.15) is 11.8 Å². The fourth-order valence-electron chi connectivity index (χ4n) is 2.19. The molecule has 0 aliphatic carbocycles. The highest BCUT2D eigenvalue weighted by molar-refractivity contribution is 7.98. The van der Waals surface area contributed by atoms with Crippen LogP contribution in [0.5, 0.6) is 5.75 Å². The number of hydrogen-bond acceptors (Lipinski definition) is 4. The molecule has 1 atom stereocenters. The van der Waals surface area contributed by atoms with Crippen LogP contribution in [-0.4, -0.2) is 50.2 Å². The Kier molecular flexibility index (Phi) is 8.74. The first-order valence-electron chi connectivity index (χ1n) is 7.26. The van der Waals surface area contributed by atoms with E-state index in [1.54, 1.807) is 0 Å². The van der Waals surface area contributed by atoms with Gasteiger partial charge in [0.2, 0.25) is 0 Å². The normalized spacial score (nSPS) is 12.7. The summed E-state index contributed by atoms with van der Waals surface area (Å²) in [6.45, 7) is 4.84. The summed E-state index contributed by atoms with van der Waals surface area (Å²) >= 11 is 1.91. The van der Waals surface area contributed by atoms with E-state index in [0.717, 1.165) is 25.4 Å². The van der Waals surface area contributed by atoms with Crippen LogP contribution in [0.4, 0.5) is 0 Å². The molecule has 1 unspecified atom stereocenters. The standard InChI is InChI=1S/C16H28N2OS/c1-5-15(13-20-4)18(3)9-10-19-16-8-6-7-14(11-16)12-17-2/h6-8,11,15,17H,5,9-10,12-13H2,1-4H3. The molecule has 0 radical (unpaired) electrons. The summed E-state index contributed by atoms with van der Waals surface area (Å²) in [4.78, 5) is 2.40. The molecule has 0 fully saturated rings. The van der Waals surface area contributed by atoms with Crippen molar-refractivity contribution in [2.45, 2.75) is 25.9 Å². The Morgan fingerprint density at radius 3 is 2.85 bits per heavy atom. The molecule has 0 aliphatic heterocycles. The Morgan fingerprint density at radius 1 is 1.40 bits per heavy atom. The van der Waals surface area contributed by atoms with Crippen LogP contribution in [-0.2, 0) is 6.54 Å². The van der Waals surface area contributed by atoms with Gasteiger partial charge < -0.3 is 10.1 Å². The van der Waals surface area contributed by atoms with Gasteiger partial charge in [0.05, 0.1) is 0 Å².